The second-order valence-electron chi connectivity index (χ2n) is 7.63. The monoisotopic (exact) mass is 419 g/mol. The summed E-state index contributed by atoms with van der Waals surface area (Å²) in [4.78, 5) is 36.7. The summed E-state index contributed by atoms with van der Waals surface area (Å²) in [6.07, 6.45) is 9.14. The number of carbonyl (C=O) groups is 3. The van der Waals surface area contributed by atoms with Crippen molar-refractivity contribution in [2.75, 3.05) is 13.7 Å². The third-order valence-electron chi connectivity index (χ3n) is 5.18. The molecule has 0 aliphatic heterocycles. The fraction of sp³-hybridized carbons (Fsp3) is 0.625. The minimum Gasteiger partial charge on any atom is -0.467 e. The van der Waals surface area contributed by atoms with Gasteiger partial charge in [-0.25, -0.2) is 9.59 Å². The van der Waals surface area contributed by atoms with Crippen LogP contribution in [0, 0.1) is 0 Å². The molecule has 1 N–H and O–H groups in total. The minimum absolute atomic E-state index is 0.0643. The highest BCUT2D eigenvalue weighted by molar-refractivity contribution is 6.07. The SMILES string of the molecule is CCCCCCCCc1ccc(CCC(NC(C)=O)(C(=O)OC)C(=O)OCC)cc1. The molecule has 1 rings (SSSR count). The van der Waals surface area contributed by atoms with Crippen LogP contribution in [0.4, 0.5) is 0 Å². The van der Waals surface area contributed by atoms with Crippen molar-refractivity contribution in [1.29, 1.82) is 0 Å². The normalized spacial score (nSPS) is 12.7. The molecule has 0 aromatic heterocycles. The first kappa shape index (κ1) is 25.7. The topological polar surface area (TPSA) is 81.7 Å². The Kier molecular flexibility index (Phi) is 11.8. The van der Waals surface area contributed by atoms with Crippen LogP contribution in [-0.4, -0.2) is 37.1 Å². The maximum absolute atomic E-state index is 12.6. The van der Waals surface area contributed by atoms with Gasteiger partial charge in [0.05, 0.1) is 13.7 Å². The second-order valence-corrected chi connectivity index (χ2v) is 7.63. The number of esters is 2. The first-order chi connectivity index (χ1) is 14.4. The van der Waals surface area contributed by atoms with Gasteiger partial charge < -0.3 is 14.8 Å². The van der Waals surface area contributed by atoms with Gasteiger partial charge in [0.25, 0.3) is 0 Å². The lowest BCUT2D eigenvalue weighted by atomic mass is 9.90. The Balaban J connectivity index is 2.75. The number of carbonyl (C=O) groups excluding carboxylic acids is 3. The Morgan fingerprint density at radius 2 is 1.43 bits per heavy atom. The van der Waals surface area contributed by atoms with E-state index in [1.807, 2.05) is 12.1 Å². The van der Waals surface area contributed by atoms with E-state index in [2.05, 4.69) is 24.4 Å². The number of hydrogen-bond acceptors (Lipinski definition) is 5. The van der Waals surface area contributed by atoms with Gasteiger partial charge in [0, 0.05) is 6.92 Å². The Labute approximate surface area is 180 Å². The smallest absolute Gasteiger partial charge is 0.343 e. The molecule has 1 aromatic rings. The largest absolute Gasteiger partial charge is 0.467 e. The molecule has 0 saturated carbocycles. The van der Waals surface area contributed by atoms with E-state index in [-0.39, 0.29) is 13.0 Å². The number of ether oxygens (including phenoxy) is 2. The fourth-order valence-electron chi connectivity index (χ4n) is 3.49. The predicted molar refractivity (Wildman–Crippen MR) is 117 cm³/mol. The third kappa shape index (κ3) is 8.17. The van der Waals surface area contributed by atoms with Gasteiger partial charge in [-0.15, -0.1) is 0 Å². The highest BCUT2D eigenvalue weighted by Gasteiger charge is 2.49. The Morgan fingerprint density at radius 3 is 1.97 bits per heavy atom. The molecule has 1 unspecified atom stereocenters. The number of nitrogens with one attached hydrogen (secondary N) is 1. The molecule has 0 saturated heterocycles. The Hall–Kier alpha value is -2.37. The van der Waals surface area contributed by atoms with E-state index in [1.54, 1.807) is 6.92 Å². The van der Waals surface area contributed by atoms with Gasteiger partial charge in [-0.3, -0.25) is 4.79 Å². The van der Waals surface area contributed by atoms with Gasteiger partial charge >= 0.3 is 11.9 Å². The maximum Gasteiger partial charge on any atom is 0.343 e. The highest BCUT2D eigenvalue weighted by Crippen LogP contribution is 2.20. The predicted octanol–water partition coefficient (Wildman–Crippen LogP) is 4.13. The van der Waals surface area contributed by atoms with Gasteiger partial charge in [0.2, 0.25) is 11.4 Å². The van der Waals surface area contributed by atoms with Gasteiger partial charge in [0.1, 0.15) is 0 Å². The number of amides is 1. The molecule has 0 aliphatic carbocycles. The second kappa shape index (κ2) is 13.8. The molecule has 0 bridgehead atoms. The standard InChI is InChI=1S/C24H37NO5/c1-5-7-8-9-10-11-12-20-13-15-21(16-14-20)17-18-24(22(27)29-4,25-19(3)26)23(28)30-6-2/h13-16H,5-12,17-18H2,1-4H3,(H,25,26). The lowest BCUT2D eigenvalue weighted by Crippen LogP contribution is -2.61. The van der Waals surface area contributed by atoms with E-state index in [1.165, 1.54) is 58.1 Å². The van der Waals surface area contributed by atoms with Crippen LogP contribution in [-0.2, 0) is 36.7 Å². The number of methoxy groups -OCH3 is 1. The third-order valence-corrected chi connectivity index (χ3v) is 5.18. The Bertz CT molecular complexity index is 671. The molecule has 0 radical (unpaired) electrons. The first-order valence-electron chi connectivity index (χ1n) is 11.0. The van der Waals surface area contributed by atoms with E-state index in [9.17, 15) is 14.4 Å². The van der Waals surface area contributed by atoms with Crippen LogP contribution >= 0.6 is 0 Å². The summed E-state index contributed by atoms with van der Waals surface area (Å²) in [7, 11) is 1.19. The van der Waals surface area contributed by atoms with E-state index in [4.69, 9.17) is 9.47 Å². The van der Waals surface area contributed by atoms with Crippen molar-refractivity contribution in [3.8, 4) is 0 Å². The molecule has 0 fully saturated rings. The van der Waals surface area contributed by atoms with Crippen molar-refractivity contribution in [3.05, 3.63) is 35.4 Å². The lowest BCUT2D eigenvalue weighted by Gasteiger charge is -2.29. The van der Waals surface area contributed by atoms with Crippen molar-refractivity contribution in [2.45, 2.75) is 84.1 Å². The van der Waals surface area contributed by atoms with E-state index >= 15 is 0 Å². The first-order valence-corrected chi connectivity index (χ1v) is 11.0. The molecule has 1 atom stereocenters. The number of rotatable bonds is 14. The van der Waals surface area contributed by atoms with Gasteiger partial charge in [-0.1, -0.05) is 63.3 Å². The molecule has 1 amide bonds. The van der Waals surface area contributed by atoms with Crippen molar-refractivity contribution < 1.29 is 23.9 Å². The molecular formula is C24H37NO5. The quantitative estimate of drug-likeness (QED) is 0.278. The molecule has 0 heterocycles. The van der Waals surface area contributed by atoms with Gasteiger partial charge in [-0.2, -0.15) is 0 Å². The summed E-state index contributed by atoms with van der Waals surface area (Å²) in [5.74, 6) is -2.12. The van der Waals surface area contributed by atoms with Crippen molar-refractivity contribution >= 4 is 17.8 Å². The summed E-state index contributed by atoms with van der Waals surface area (Å²) < 4.78 is 9.88. The maximum atomic E-state index is 12.6. The number of hydrogen-bond donors (Lipinski definition) is 1. The summed E-state index contributed by atoms with van der Waals surface area (Å²) in [5.41, 5.74) is 0.415. The molecule has 30 heavy (non-hydrogen) atoms. The molecular weight excluding hydrogens is 382 g/mol. The van der Waals surface area contributed by atoms with Crippen molar-refractivity contribution in [1.82, 2.24) is 5.32 Å². The molecule has 168 valence electrons. The van der Waals surface area contributed by atoms with Crippen molar-refractivity contribution in [3.63, 3.8) is 0 Å². The highest BCUT2D eigenvalue weighted by atomic mass is 16.6. The lowest BCUT2D eigenvalue weighted by molar-refractivity contribution is -0.167. The van der Waals surface area contributed by atoms with E-state index in [0.717, 1.165) is 12.0 Å². The summed E-state index contributed by atoms with van der Waals surface area (Å²) in [6, 6.07) is 8.19. The van der Waals surface area contributed by atoms with Crippen LogP contribution < -0.4 is 5.32 Å². The zero-order valence-electron chi connectivity index (χ0n) is 18.9. The number of unbranched alkanes of at least 4 members (excludes halogenated alkanes) is 5. The van der Waals surface area contributed by atoms with Crippen LogP contribution in [0.2, 0.25) is 0 Å². The van der Waals surface area contributed by atoms with Gasteiger partial charge in [-0.05, 0) is 43.7 Å². The zero-order valence-corrected chi connectivity index (χ0v) is 18.9. The summed E-state index contributed by atoms with van der Waals surface area (Å²) in [5, 5.41) is 2.47. The molecule has 0 aliphatic rings. The van der Waals surface area contributed by atoms with Crippen LogP contribution in [0.1, 0.15) is 76.8 Å². The molecule has 6 heteroatoms. The summed E-state index contributed by atoms with van der Waals surface area (Å²) >= 11 is 0. The van der Waals surface area contributed by atoms with Gasteiger partial charge in [0.15, 0.2) is 0 Å². The molecule has 1 aromatic carbocycles. The van der Waals surface area contributed by atoms with E-state index in [0.29, 0.717) is 6.42 Å². The van der Waals surface area contributed by atoms with Crippen LogP contribution in [0.3, 0.4) is 0 Å². The van der Waals surface area contributed by atoms with Crippen LogP contribution in [0.15, 0.2) is 24.3 Å². The van der Waals surface area contributed by atoms with E-state index < -0.39 is 23.4 Å². The van der Waals surface area contributed by atoms with Crippen molar-refractivity contribution in [2.24, 2.45) is 0 Å². The average molecular weight is 420 g/mol. The van der Waals surface area contributed by atoms with Crippen LogP contribution in [0.25, 0.3) is 0 Å². The number of benzene rings is 1. The number of aryl methyl sites for hydroxylation is 2. The fourth-order valence-corrected chi connectivity index (χ4v) is 3.49. The molecule has 0 spiro atoms. The summed E-state index contributed by atoms with van der Waals surface area (Å²) in [6.45, 7) is 5.23. The average Bonchev–Trinajstić information content (AvgIpc) is 2.73. The minimum atomic E-state index is -1.84. The van der Waals surface area contributed by atoms with Crippen LogP contribution in [0.5, 0.6) is 0 Å². The zero-order chi connectivity index (χ0) is 22.4. The molecule has 6 nitrogen and oxygen atoms in total. The Morgan fingerprint density at radius 1 is 0.867 bits per heavy atom.